The van der Waals surface area contributed by atoms with Crippen molar-refractivity contribution in [3.63, 3.8) is 0 Å². The standard InChI is InChI=1S/C58H43N3/c1-3-16-38(17-4-1)40-32-34-53-48(36-40)49-37-42(33-35-54(49)59(53)41-20-5-2-6-21-41)60-51-27-11-9-23-46(51)57-44(25-14-30-55(57)60)45-26-15-31-56-58(45)47-24-10-12-28-52(47)61(56)50-29-13-19-39-18-7-8-22-43(39)50/h1-9,11-23,25-34,37,40,54H,10,24,35-36H2. The average Bonchev–Trinajstić information content (AvgIpc) is 3.97. The summed E-state index contributed by atoms with van der Waals surface area (Å²) in [6.07, 6.45) is 18.6. The quantitative estimate of drug-likeness (QED) is 0.169. The first-order valence-electron chi connectivity index (χ1n) is 21.9. The monoisotopic (exact) mass is 781 g/mol. The van der Waals surface area contributed by atoms with E-state index in [9.17, 15) is 0 Å². The predicted octanol–water partition coefficient (Wildman–Crippen LogP) is 14.6. The molecule has 2 unspecified atom stereocenters. The Kier molecular flexibility index (Phi) is 7.68. The van der Waals surface area contributed by atoms with Crippen molar-refractivity contribution in [3.8, 4) is 16.8 Å². The first kappa shape index (κ1) is 34.5. The van der Waals surface area contributed by atoms with Gasteiger partial charge in [0.15, 0.2) is 0 Å². The maximum Gasteiger partial charge on any atom is 0.0631 e. The fraction of sp³-hybridized carbons (Fsp3) is 0.103. The van der Waals surface area contributed by atoms with Crippen LogP contribution in [0.4, 0.5) is 5.69 Å². The molecule has 0 bridgehead atoms. The average molecular weight is 782 g/mol. The van der Waals surface area contributed by atoms with Gasteiger partial charge in [0, 0.05) is 50.2 Å². The molecule has 0 radical (unpaired) electrons. The molecule has 0 saturated heterocycles. The number of nitrogens with zero attached hydrogens (tertiary/aromatic N) is 3. The van der Waals surface area contributed by atoms with Crippen LogP contribution in [0.25, 0.3) is 72.1 Å². The van der Waals surface area contributed by atoms with E-state index in [0.717, 1.165) is 25.7 Å². The summed E-state index contributed by atoms with van der Waals surface area (Å²) < 4.78 is 5.08. The highest BCUT2D eigenvalue weighted by molar-refractivity contribution is 6.19. The molecule has 1 aliphatic heterocycles. The number of aryl methyl sites for hydroxylation is 1. The summed E-state index contributed by atoms with van der Waals surface area (Å²) in [5, 5.41) is 6.50. The van der Waals surface area contributed by atoms with Crippen LogP contribution in [-0.2, 0) is 6.42 Å². The number of allylic oxidation sites excluding steroid dienone is 5. The van der Waals surface area contributed by atoms with Crippen molar-refractivity contribution in [3.05, 3.63) is 228 Å². The molecule has 2 atom stereocenters. The molecule has 0 N–H and O–H groups in total. The highest BCUT2D eigenvalue weighted by Crippen LogP contribution is 2.50. The number of hydrogen-bond donors (Lipinski definition) is 0. The number of anilines is 1. The van der Waals surface area contributed by atoms with Crippen LogP contribution in [0, 0.1) is 0 Å². The van der Waals surface area contributed by atoms with Gasteiger partial charge in [0.1, 0.15) is 0 Å². The van der Waals surface area contributed by atoms with Gasteiger partial charge in [-0.1, -0.05) is 146 Å². The molecule has 0 fully saturated rings. The number of fused-ring (bicyclic) bond motifs is 9. The lowest BCUT2D eigenvalue weighted by molar-refractivity contribution is 0.761. The van der Waals surface area contributed by atoms with Crippen LogP contribution in [0.1, 0.15) is 42.0 Å². The highest BCUT2D eigenvalue weighted by Gasteiger charge is 2.39. The zero-order chi connectivity index (χ0) is 40.0. The van der Waals surface area contributed by atoms with Crippen molar-refractivity contribution in [2.75, 3.05) is 4.90 Å². The van der Waals surface area contributed by atoms with Gasteiger partial charge in [-0.05, 0) is 119 Å². The van der Waals surface area contributed by atoms with Crippen LogP contribution < -0.4 is 4.90 Å². The van der Waals surface area contributed by atoms with Gasteiger partial charge in [-0.25, -0.2) is 0 Å². The van der Waals surface area contributed by atoms with E-state index in [4.69, 9.17) is 0 Å². The summed E-state index contributed by atoms with van der Waals surface area (Å²) in [4.78, 5) is 2.59. The smallest absolute Gasteiger partial charge is 0.0631 e. The highest BCUT2D eigenvalue weighted by atomic mass is 15.2. The van der Waals surface area contributed by atoms with Crippen molar-refractivity contribution >= 4 is 60.9 Å². The molecular weight excluding hydrogens is 739 g/mol. The van der Waals surface area contributed by atoms with Crippen LogP contribution in [0.2, 0.25) is 0 Å². The van der Waals surface area contributed by atoms with E-state index >= 15 is 0 Å². The summed E-state index contributed by atoms with van der Waals surface area (Å²) in [5.74, 6) is 0.349. The molecule has 0 spiro atoms. The van der Waals surface area contributed by atoms with E-state index in [1.165, 1.54) is 105 Å². The Morgan fingerprint density at radius 3 is 2.10 bits per heavy atom. The second kappa shape index (κ2) is 13.6. The topological polar surface area (TPSA) is 13.1 Å². The normalized spacial score (nSPS) is 18.2. The van der Waals surface area contributed by atoms with Gasteiger partial charge in [-0.3, -0.25) is 0 Å². The molecule has 3 heterocycles. The Morgan fingerprint density at radius 2 is 1.25 bits per heavy atom. The van der Waals surface area contributed by atoms with Gasteiger partial charge < -0.3 is 14.0 Å². The molecule has 0 amide bonds. The van der Waals surface area contributed by atoms with E-state index in [1.807, 2.05) is 0 Å². The van der Waals surface area contributed by atoms with Crippen LogP contribution in [0.15, 0.2) is 211 Å². The van der Waals surface area contributed by atoms with Crippen molar-refractivity contribution in [2.45, 2.75) is 37.6 Å². The summed E-state index contributed by atoms with van der Waals surface area (Å²) in [6, 6.07) is 60.8. The lowest BCUT2D eigenvalue weighted by Crippen LogP contribution is -2.31. The van der Waals surface area contributed by atoms with E-state index in [2.05, 4.69) is 214 Å². The third-order valence-corrected chi connectivity index (χ3v) is 13.8. The Hall–Kier alpha value is -7.36. The minimum atomic E-state index is 0.252. The summed E-state index contributed by atoms with van der Waals surface area (Å²) in [6.45, 7) is 0. The van der Waals surface area contributed by atoms with Crippen LogP contribution in [0.3, 0.4) is 0 Å². The van der Waals surface area contributed by atoms with Crippen molar-refractivity contribution in [2.24, 2.45) is 0 Å². The Balaban J connectivity index is 0.999. The fourth-order valence-corrected chi connectivity index (χ4v) is 11.3. The van der Waals surface area contributed by atoms with E-state index in [1.54, 1.807) is 0 Å². The summed E-state index contributed by atoms with van der Waals surface area (Å²) in [7, 11) is 0. The number of aromatic nitrogens is 2. The first-order chi connectivity index (χ1) is 30.3. The molecule has 61 heavy (non-hydrogen) atoms. The molecule has 9 aromatic rings. The third kappa shape index (κ3) is 5.17. The number of benzene rings is 7. The second-order valence-corrected chi connectivity index (χ2v) is 17.0. The zero-order valence-electron chi connectivity index (χ0n) is 33.9. The van der Waals surface area contributed by atoms with Crippen molar-refractivity contribution < 1.29 is 0 Å². The fourth-order valence-electron chi connectivity index (χ4n) is 11.3. The first-order valence-corrected chi connectivity index (χ1v) is 21.9. The largest absolute Gasteiger partial charge is 0.333 e. The van der Waals surface area contributed by atoms with Gasteiger partial charge in [0.25, 0.3) is 0 Å². The van der Waals surface area contributed by atoms with Gasteiger partial charge >= 0.3 is 0 Å². The van der Waals surface area contributed by atoms with Gasteiger partial charge in [-0.2, -0.15) is 0 Å². The third-order valence-electron chi connectivity index (χ3n) is 13.8. The minimum Gasteiger partial charge on any atom is -0.333 e. The maximum absolute atomic E-state index is 2.59. The van der Waals surface area contributed by atoms with Crippen molar-refractivity contribution in [1.82, 2.24) is 9.13 Å². The molecule has 2 aromatic heterocycles. The minimum absolute atomic E-state index is 0.252. The van der Waals surface area contributed by atoms with E-state index < -0.39 is 0 Å². The lowest BCUT2D eigenvalue weighted by atomic mass is 9.83. The molecular formula is C58H43N3. The number of para-hydroxylation sites is 2. The van der Waals surface area contributed by atoms with E-state index in [0.29, 0.717) is 5.92 Å². The Morgan fingerprint density at radius 1 is 0.557 bits per heavy atom. The van der Waals surface area contributed by atoms with Crippen LogP contribution in [0.5, 0.6) is 0 Å². The summed E-state index contributed by atoms with van der Waals surface area (Å²) in [5.41, 5.74) is 18.5. The van der Waals surface area contributed by atoms with Gasteiger partial charge in [-0.15, -0.1) is 0 Å². The predicted molar refractivity (Wildman–Crippen MR) is 256 cm³/mol. The Bertz CT molecular complexity index is 3420. The molecule has 3 aliphatic carbocycles. The molecule has 7 aromatic carbocycles. The molecule has 3 nitrogen and oxygen atoms in total. The van der Waals surface area contributed by atoms with Gasteiger partial charge in [0.2, 0.25) is 0 Å². The molecule has 0 saturated carbocycles. The van der Waals surface area contributed by atoms with E-state index in [-0.39, 0.29) is 6.04 Å². The second-order valence-electron chi connectivity index (χ2n) is 17.0. The van der Waals surface area contributed by atoms with Crippen LogP contribution >= 0.6 is 0 Å². The lowest BCUT2D eigenvalue weighted by Gasteiger charge is -2.31. The number of hydrogen-bond acceptors (Lipinski definition) is 1. The van der Waals surface area contributed by atoms with Crippen LogP contribution in [-0.4, -0.2) is 15.2 Å². The zero-order valence-corrected chi connectivity index (χ0v) is 33.9. The van der Waals surface area contributed by atoms with Crippen molar-refractivity contribution in [1.29, 1.82) is 0 Å². The maximum atomic E-state index is 2.59. The number of rotatable bonds is 5. The molecule has 290 valence electrons. The molecule has 13 rings (SSSR count). The SMILES string of the molecule is C1=Cc2c(c3c(-c4cccc5c4c4ccccc4n5C4=CCC5C(=C4)C4=C(C=CC(c6ccccc6)C4)N5c4ccccc4)cccc3n2-c2cccc3ccccc23)CC1. The summed E-state index contributed by atoms with van der Waals surface area (Å²) >= 11 is 0. The van der Waals surface area contributed by atoms with Gasteiger partial charge in [0.05, 0.1) is 28.3 Å². The Labute approximate surface area is 355 Å². The molecule has 4 aliphatic rings. The molecule has 3 heteroatoms.